The van der Waals surface area contributed by atoms with E-state index >= 15 is 0 Å². The van der Waals surface area contributed by atoms with Gasteiger partial charge in [0.2, 0.25) is 0 Å². The second-order valence-corrected chi connectivity index (χ2v) is 5.66. The molecule has 0 aliphatic heterocycles. The van der Waals surface area contributed by atoms with Crippen LogP contribution in [0.5, 0.6) is 5.75 Å². The van der Waals surface area contributed by atoms with Crippen LogP contribution in [0.15, 0.2) is 48.8 Å². The summed E-state index contributed by atoms with van der Waals surface area (Å²) in [4.78, 5) is 4.18. The molecule has 1 aliphatic rings. The van der Waals surface area contributed by atoms with Crippen LogP contribution < -0.4 is 4.74 Å². The first-order chi connectivity index (χ1) is 10.3. The van der Waals surface area contributed by atoms with Crippen molar-refractivity contribution in [3.8, 4) is 5.75 Å². The molecule has 0 saturated heterocycles. The fraction of sp³-hybridized carbons (Fsp3) is 0.389. The molecule has 1 fully saturated rings. The van der Waals surface area contributed by atoms with Crippen LogP contribution in [-0.2, 0) is 0 Å². The highest BCUT2D eigenvalue weighted by atomic mass is 16.5. The third-order valence-electron chi connectivity index (χ3n) is 4.02. The molecule has 3 nitrogen and oxygen atoms in total. The highest BCUT2D eigenvalue weighted by Crippen LogP contribution is 2.54. The lowest BCUT2D eigenvalue weighted by molar-refractivity contribution is 0.150. The summed E-state index contributed by atoms with van der Waals surface area (Å²) in [5, 5.41) is 10.5. The van der Waals surface area contributed by atoms with Gasteiger partial charge in [0.25, 0.3) is 0 Å². The van der Waals surface area contributed by atoms with Crippen LogP contribution >= 0.6 is 0 Å². The zero-order chi connectivity index (χ0) is 14.7. The quantitative estimate of drug-likeness (QED) is 0.878. The van der Waals surface area contributed by atoms with Crippen LogP contribution in [0, 0.1) is 5.92 Å². The Kier molecular flexibility index (Phi) is 4.20. The van der Waals surface area contributed by atoms with E-state index in [-0.39, 0.29) is 5.92 Å². The fourth-order valence-electron chi connectivity index (χ4n) is 2.79. The topological polar surface area (TPSA) is 42.4 Å². The average molecular weight is 283 g/mol. The first kappa shape index (κ1) is 14.1. The molecule has 1 aromatic carbocycles. The van der Waals surface area contributed by atoms with Gasteiger partial charge in [0.05, 0.1) is 18.9 Å². The smallest absolute Gasteiger partial charge is 0.137 e. The molecule has 1 aromatic heterocycles. The number of pyridine rings is 1. The van der Waals surface area contributed by atoms with Gasteiger partial charge >= 0.3 is 0 Å². The van der Waals surface area contributed by atoms with Crippen LogP contribution in [-0.4, -0.2) is 16.7 Å². The second kappa shape index (κ2) is 6.27. The predicted octanol–water partition coefficient (Wildman–Crippen LogP) is 3.71. The highest BCUT2D eigenvalue weighted by Gasteiger charge is 2.43. The molecule has 3 unspecified atom stereocenters. The Morgan fingerprint density at radius 2 is 2.10 bits per heavy atom. The van der Waals surface area contributed by atoms with Gasteiger partial charge in [-0.05, 0) is 36.3 Å². The molecule has 3 atom stereocenters. The Hall–Kier alpha value is -1.87. The predicted molar refractivity (Wildman–Crippen MR) is 82.3 cm³/mol. The lowest BCUT2D eigenvalue weighted by atomic mass is 10.0. The fourth-order valence-corrected chi connectivity index (χ4v) is 2.79. The standard InChI is InChI=1S/C18H21NO2/c1-2-8-21-15-9-14(11-19-12-15)18(20)17-10-16(17)13-6-4-3-5-7-13/h3-7,9,11-12,16-18,20H,2,8,10H2,1H3. The van der Waals surface area contributed by atoms with E-state index in [1.54, 1.807) is 12.4 Å². The summed E-state index contributed by atoms with van der Waals surface area (Å²) in [5.74, 6) is 1.49. The Balaban J connectivity index is 1.68. The van der Waals surface area contributed by atoms with Gasteiger partial charge in [-0.25, -0.2) is 0 Å². The minimum absolute atomic E-state index is 0.288. The maximum atomic E-state index is 10.5. The largest absolute Gasteiger partial charge is 0.492 e. The monoisotopic (exact) mass is 283 g/mol. The highest BCUT2D eigenvalue weighted by molar-refractivity contribution is 5.31. The lowest BCUT2D eigenvalue weighted by Crippen LogP contribution is -2.03. The molecule has 110 valence electrons. The molecule has 0 radical (unpaired) electrons. The number of aliphatic hydroxyl groups excluding tert-OH is 1. The minimum atomic E-state index is -0.465. The second-order valence-electron chi connectivity index (χ2n) is 5.66. The van der Waals surface area contributed by atoms with E-state index in [1.165, 1.54) is 5.56 Å². The van der Waals surface area contributed by atoms with Crippen molar-refractivity contribution in [2.75, 3.05) is 6.61 Å². The van der Waals surface area contributed by atoms with E-state index in [0.717, 1.165) is 24.2 Å². The summed E-state index contributed by atoms with van der Waals surface area (Å²) >= 11 is 0. The van der Waals surface area contributed by atoms with Crippen molar-refractivity contribution in [3.05, 3.63) is 59.9 Å². The molecule has 2 aromatic rings. The van der Waals surface area contributed by atoms with E-state index < -0.39 is 6.10 Å². The number of benzene rings is 1. The normalized spacial score (nSPS) is 21.8. The van der Waals surface area contributed by atoms with Crippen LogP contribution in [0.1, 0.15) is 42.9 Å². The van der Waals surface area contributed by atoms with Crippen molar-refractivity contribution in [3.63, 3.8) is 0 Å². The number of nitrogens with zero attached hydrogens (tertiary/aromatic N) is 1. The number of aliphatic hydroxyl groups is 1. The first-order valence-electron chi connectivity index (χ1n) is 7.60. The van der Waals surface area contributed by atoms with Crippen LogP contribution in [0.25, 0.3) is 0 Å². The average Bonchev–Trinajstić information content (AvgIpc) is 3.34. The van der Waals surface area contributed by atoms with Crippen molar-refractivity contribution in [2.45, 2.75) is 31.8 Å². The molecule has 3 heteroatoms. The Bertz CT molecular complexity index is 585. The maximum Gasteiger partial charge on any atom is 0.137 e. The van der Waals surface area contributed by atoms with Gasteiger partial charge < -0.3 is 9.84 Å². The van der Waals surface area contributed by atoms with Gasteiger partial charge in [-0.1, -0.05) is 37.3 Å². The summed E-state index contributed by atoms with van der Waals surface area (Å²) in [6.07, 6.45) is 4.97. The van der Waals surface area contributed by atoms with Gasteiger partial charge in [-0.15, -0.1) is 0 Å². The van der Waals surface area contributed by atoms with E-state index in [2.05, 4.69) is 36.2 Å². The van der Waals surface area contributed by atoms with Crippen molar-refractivity contribution in [1.82, 2.24) is 4.98 Å². The number of ether oxygens (including phenoxy) is 1. The Morgan fingerprint density at radius 3 is 2.86 bits per heavy atom. The number of rotatable bonds is 6. The van der Waals surface area contributed by atoms with Gasteiger partial charge in [0.15, 0.2) is 0 Å². The number of hydrogen-bond acceptors (Lipinski definition) is 3. The summed E-state index contributed by atoms with van der Waals surface area (Å²) in [5.41, 5.74) is 2.17. The molecule has 1 N–H and O–H groups in total. The zero-order valence-corrected chi connectivity index (χ0v) is 12.3. The SMILES string of the molecule is CCCOc1cncc(C(O)C2CC2c2ccccc2)c1. The summed E-state index contributed by atoms with van der Waals surface area (Å²) in [6.45, 7) is 2.75. The molecule has 1 saturated carbocycles. The number of aromatic nitrogens is 1. The molecular formula is C18H21NO2. The van der Waals surface area contributed by atoms with Crippen LogP contribution in [0.4, 0.5) is 0 Å². The summed E-state index contributed by atoms with van der Waals surface area (Å²) in [6, 6.07) is 12.3. The van der Waals surface area contributed by atoms with Crippen molar-refractivity contribution >= 4 is 0 Å². The van der Waals surface area contributed by atoms with E-state index in [1.807, 2.05) is 12.1 Å². The third-order valence-corrected chi connectivity index (χ3v) is 4.02. The molecule has 1 heterocycles. The van der Waals surface area contributed by atoms with Gasteiger partial charge in [-0.3, -0.25) is 4.98 Å². The minimum Gasteiger partial charge on any atom is -0.492 e. The lowest BCUT2D eigenvalue weighted by Gasteiger charge is -2.12. The molecular weight excluding hydrogens is 262 g/mol. The molecule has 3 rings (SSSR count). The van der Waals surface area contributed by atoms with Gasteiger partial charge in [0, 0.05) is 11.8 Å². The summed E-state index contributed by atoms with van der Waals surface area (Å²) in [7, 11) is 0. The van der Waals surface area contributed by atoms with Crippen molar-refractivity contribution in [2.24, 2.45) is 5.92 Å². The van der Waals surface area contributed by atoms with E-state index in [0.29, 0.717) is 12.5 Å². The first-order valence-corrected chi connectivity index (χ1v) is 7.60. The molecule has 1 aliphatic carbocycles. The van der Waals surface area contributed by atoms with Gasteiger partial charge in [-0.2, -0.15) is 0 Å². The van der Waals surface area contributed by atoms with Crippen LogP contribution in [0.2, 0.25) is 0 Å². The third kappa shape index (κ3) is 3.24. The van der Waals surface area contributed by atoms with E-state index in [9.17, 15) is 5.11 Å². The molecule has 21 heavy (non-hydrogen) atoms. The maximum absolute atomic E-state index is 10.5. The molecule has 0 amide bonds. The van der Waals surface area contributed by atoms with Gasteiger partial charge in [0.1, 0.15) is 5.75 Å². The Labute approximate surface area is 125 Å². The van der Waals surface area contributed by atoms with E-state index in [4.69, 9.17) is 4.74 Å². The van der Waals surface area contributed by atoms with Crippen LogP contribution in [0.3, 0.4) is 0 Å². The molecule has 0 spiro atoms. The Morgan fingerprint density at radius 1 is 1.29 bits per heavy atom. The van der Waals surface area contributed by atoms with Crippen molar-refractivity contribution in [1.29, 1.82) is 0 Å². The zero-order valence-electron chi connectivity index (χ0n) is 12.3. The molecule has 0 bridgehead atoms. The van der Waals surface area contributed by atoms with Crippen molar-refractivity contribution < 1.29 is 9.84 Å². The summed E-state index contributed by atoms with van der Waals surface area (Å²) < 4.78 is 5.58. The number of hydrogen-bond donors (Lipinski definition) is 1.